The molecule has 2 aromatic carbocycles. The number of methoxy groups -OCH3 is 1. The van der Waals surface area contributed by atoms with Gasteiger partial charge in [0.1, 0.15) is 17.1 Å². The standard InChI is InChI=1S/C16H14ClFO3/c1-9-6-14(21-2)12(16(19)20)8-11(9)7-10-4-3-5-13(17)15(10)18/h3-6,8H,7H2,1-2H3,(H,19,20). The highest BCUT2D eigenvalue weighted by molar-refractivity contribution is 6.30. The van der Waals surface area contributed by atoms with Gasteiger partial charge >= 0.3 is 5.97 Å². The van der Waals surface area contributed by atoms with Gasteiger partial charge in [-0.15, -0.1) is 0 Å². The average molecular weight is 309 g/mol. The molecule has 21 heavy (non-hydrogen) atoms. The number of aromatic carboxylic acids is 1. The van der Waals surface area contributed by atoms with Crippen LogP contribution < -0.4 is 4.74 Å². The third-order valence-corrected chi connectivity index (χ3v) is 3.59. The summed E-state index contributed by atoms with van der Waals surface area (Å²) >= 11 is 5.76. The van der Waals surface area contributed by atoms with Gasteiger partial charge in [0.05, 0.1) is 12.1 Å². The zero-order valence-corrected chi connectivity index (χ0v) is 12.4. The van der Waals surface area contributed by atoms with Crippen molar-refractivity contribution >= 4 is 17.6 Å². The van der Waals surface area contributed by atoms with Crippen LogP contribution in [0.4, 0.5) is 4.39 Å². The van der Waals surface area contributed by atoms with E-state index in [9.17, 15) is 14.3 Å². The van der Waals surface area contributed by atoms with Crippen LogP contribution in [0.3, 0.4) is 0 Å². The fraction of sp³-hybridized carbons (Fsp3) is 0.188. The summed E-state index contributed by atoms with van der Waals surface area (Å²) in [5, 5.41) is 9.25. The van der Waals surface area contributed by atoms with Crippen LogP contribution in [-0.2, 0) is 6.42 Å². The smallest absolute Gasteiger partial charge is 0.339 e. The molecule has 0 amide bonds. The molecule has 1 N–H and O–H groups in total. The Hall–Kier alpha value is -2.07. The lowest BCUT2D eigenvalue weighted by Crippen LogP contribution is -2.04. The monoisotopic (exact) mass is 308 g/mol. The van der Waals surface area contributed by atoms with Crippen molar-refractivity contribution in [2.75, 3.05) is 7.11 Å². The van der Waals surface area contributed by atoms with Gasteiger partial charge in [-0.2, -0.15) is 0 Å². The van der Waals surface area contributed by atoms with Gasteiger partial charge in [-0.05, 0) is 41.8 Å². The van der Waals surface area contributed by atoms with Crippen molar-refractivity contribution in [2.24, 2.45) is 0 Å². The maximum atomic E-state index is 14.0. The lowest BCUT2D eigenvalue weighted by atomic mass is 9.97. The number of rotatable bonds is 4. The van der Waals surface area contributed by atoms with Crippen LogP contribution in [0.15, 0.2) is 30.3 Å². The summed E-state index contributed by atoms with van der Waals surface area (Å²) < 4.78 is 19.0. The Morgan fingerprint density at radius 3 is 2.67 bits per heavy atom. The average Bonchev–Trinajstić information content (AvgIpc) is 2.45. The zero-order chi connectivity index (χ0) is 15.6. The Morgan fingerprint density at radius 2 is 2.05 bits per heavy atom. The van der Waals surface area contributed by atoms with E-state index in [1.807, 2.05) is 6.92 Å². The maximum absolute atomic E-state index is 14.0. The van der Waals surface area contributed by atoms with Crippen molar-refractivity contribution in [1.29, 1.82) is 0 Å². The normalized spacial score (nSPS) is 10.5. The van der Waals surface area contributed by atoms with Crippen LogP contribution in [-0.4, -0.2) is 18.2 Å². The van der Waals surface area contributed by atoms with E-state index in [0.717, 1.165) is 11.1 Å². The third kappa shape index (κ3) is 3.16. The summed E-state index contributed by atoms with van der Waals surface area (Å²) in [6.45, 7) is 1.83. The molecule has 110 valence electrons. The van der Waals surface area contributed by atoms with Crippen LogP contribution in [0.5, 0.6) is 5.75 Å². The van der Waals surface area contributed by atoms with Crippen molar-refractivity contribution in [3.8, 4) is 5.75 Å². The number of benzene rings is 2. The number of carbonyl (C=O) groups is 1. The van der Waals surface area contributed by atoms with Gasteiger partial charge in [-0.25, -0.2) is 9.18 Å². The van der Waals surface area contributed by atoms with Crippen LogP contribution in [0.2, 0.25) is 5.02 Å². The van der Waals surface area contributed by atoms with Gasteiger partial charge in [0.15, 0.2) is 0 Å². The molecule has 0 heterocycles. The largest absolute Gasteiger partial charge is 0.496 e. The quantitative estimate of drug-likeness (QED) is 0.925. The summed E-state index contributed by atoms with van der Waals surface area (Å²) in [6, 6.07) is 7.92. The van der Waals surface area contributed by atoms with Crippen molar-refractivity contribution in [2.45, 2.75) is 13.3 Å². The predicted octanol–water partition coefficient (Wildman–Crippen LogP) is 4.09. The first-order valence-corrected chi connectivity index (χ1v) is 6.65. The molecule has 0 aliphatic rings. The van der Waals surface area contributed by atoms with Crippen molar-refractivity contribution in [1.82, 2.24) is 0 Å². The minimum absolute atomic E-state index is 0.0529. The number of carboxylic acids is 1. The zero-order valence-electron chi connectivity index (χ0n) is 11.6. The summed E-state index contributed by atoms with van der Waals surface area (Å²) in [4.78, 5) is 11.2. The summed E-state index contributed by atoms with van der Waals surface area (Å²) in [6.07, 6.45) is 0.266. The Bertz CT molecular complexity index is 698. The summed E-state index contributed by atoms with van der Waals surface area (Å²) in [5.74, 6) is -1.28. The second kappa shape index (κ2) is 6.14. The SMILES string of the molecule is COc1cc(C)c(Cc2cccc(Cl)c2F)cc1C(=O)O. The third-order valence-electron chi connectivity index (χ3n) is 3.30. The second-order valence-corrected chi connectivity index (χ2v) is 5.08. The molecule has 2 aromatic rings. The van der Waals surface area contributed by atoms with Gasteiger partial charge in [0.25, 0.3) is 0 Å². The highest BCUT2D eigenvalue weighted by atomic mass is 35.5. The number of carboxylic acid groups (broad SMARTS) is 1. The molecule has 0 saturated heterocycles. The van der Waals surface area contributed by atoms with Gasteiger partial charge in [0.2, 0.25) is 0 Å². The van der Waals surface area contributed by atoms with Gasteiger partial charge in [0, 0.05) is 6.42 Å². The van der Waals surface area contributed by atoms with Gasteiger partial charge in [-0.1, -0.05) is 23.7 Å². The Labute approximate surface area is 126 Å². The Kier molecular flexibility index (Phi) is 4.48. The van der Waals surface area contributed by atoms with E-state index in [1.54, 1.807) is 18.2 Å². The van der Waals surface area contributed by atoms with E-state index < -0.39 is 11.8 Å². The molecule has 0 fully saturated rings. The highest BCUT2D eigenvalue weighted by Crippen LogP contribution is 2.27. The first-order valence-electron chi connectivity index (χ1n) is 6.27. The van der Waals surface area contributed by atoms with Crippen molar-refractivity contribution in [3.63, 3.8) is 0 Å². The molecule has 0 aliphatic heterocycles. The van der Waals surface area contributed by atoms with Crippen LogP contribution >= 0.6 is 11.6 Å². The predicted molar refractivity (Wildman–Crippen MR) is 78.9 cm³/mol. The molecule has 0 aromatic heterocycles. The number of hydrogen-bond donors (Lipinski definition) is 1. The van der Waals surface area contributed by atoms with Crippen molar-refractivity contribution in [3.05, 3.63) is 63.4 Å². The van der Waals surface area contributed by atoms with E-state index in [0.29, 0.717) is 5.56 Å². The molecule has 0 aliphatic carbocycles. The van der Waals surface area contributed by atoms with Crippen LogP contribution in [0, 0.1) is 12.7 Å². The van der Waals surface area contributed by atoms with E-state index in [-0.39, 0.29) is 22.8 Å². The second-order valence-electron chi connectivity index (χ2n) is 4.67. The Morgan fingerprint density at radius 1 is 1.33 bits per heavy atom. The molecule has 0 bridgehead atoms. The lowest BCUT2D eigenvalue weighted by molar-refractivity contribution is 0.0693. The molecule has 2 rings (SSSR count). The minimum atomic E-state index is -1.08. The molecule has 3 nitrogen and oxygen atoms in total. The topological polar surface area (TPSA) is 46.5 Å². The highest BCUT2D eigenvalue weighted by Gasteiger charge is 2.15. The van der Waals surface area contributed by atoms with E-state index in [2.05, 4.69) is 0 Å². The molecular formula is C16H14ClFO3. The van der Waals surface area contributed by atoms with Gasteiger partial charge in [-0.3, -0.25) is 0 Å². The summed E-state index contributed by atoms with van der Waals surface area (Å²) in [5.41, 5.74) is 2.03. The number of aryl methyl sites for hydroxylation is 1. The fourth-order valence-electron chi connectivity index (χ4n) is 2.14. The van der Waals surface area contributed by atoms with E-state index >= 15 is 0 Å². The number of hydrogen-bond acceptors (Lipinski definition) is 2. The summed E-state index contributed by atoms with van der Waals surface area (Å²) in [7, 11) is 1.41. The molecular weight excluding hydrogens is 295 g/mol. The van der Waals surface area contributed by atoms with E-state index in [4.69, 9.17) is 16.3 Å². The van der Waals surface area contributed by atoms with Gasteiger partial charge < -0.3 is 9.84 Å². The molecule has 5 heteroatoms. The maximum Gasteiger partial charge on any atom is 0.339 e. The van der Waals surface area contributed by atoms with Crippen LogP contribution in [0.1, 0.15) is 27.0 Å². The first-order chi connectivity index (χ1) is 9.93. The van der Waals surface area contributed by atoms with Crippen molar-refractivity contribution < 1.29 is 19.0 Å². The molecule has 0 unspecified atom stereocenters. The molecule has 0 saturated carbocycles. The van der Waals surface area contributed by atoms with E-state index in [1.165, 1.54) is 19.2 Å². The molecule has 0 radical (unpaired) electrons. The van der Waals surface area contributed by atoms with Crippen LogP contribution in [0.25, 0.3) is 0 Å². The minimum Gasteiger partial charge on any atom is -0.496 e. The first kappa shape index (κ1) is 15.3. The number of ether oxygens (including phenoxy) is 1. The number of halogens is 2. The lowest BCUT2D eigenvalue weighted by Gasteiger charge is -2.12. The Balaban J connectivity index is 2.47. The molecule has 0 atom stereocenters. The fourth-order valence-corrected chi connectivity index (χ4v) is 2.34. The molecule has 0 spiro atoms.